The van der Waals surface area contributed by atoms with Crippen LogP contribution in [-0.2, 0) is 19.6 Å². The van der Waals surface area contributed by atoms with Crippen LogP contribution < -0.4 is 10.5 Å². The van der Waals surface area contributed by atoms with Crippen molar-refractivity contribution in [3.63, 3.8) is 0 Å². The number of para-hydroxylation sites is 1. The van der Waals surface area contributed by atoms with E-state index in [-0.39, 0.29) is 16.1 Å². The van der Waals surface area contributed by atoms with Gasteiger partial charge in [0, 0.05) is 0 Å². The van der Waals surface area contributed by atoms with E-state index in [9.17, 15) is 18.0 Å². The summed E-state index contributed by atoms with van der Waals surface area (Å²) in [7, 11) is -3.92. The zero-order valence-corrected chi connectivity index (χ0v) is 15.5. The number of nitrogens with one attached hydrogen (secondary N) is 1. The summed E-state index contributed by atoms with van der Waals surface area (Å²) in [6.07, 6.45) is -1.13. The Bertz CT molecular complexity index is 954. The van der Waals surface area contributed by atoms with Crippen molar-refractivity contribution < 1.29 is 22.7 Å². The minimum atomic E-state index is -3.92. The van der Waals surface area contributed by atoms with Gasteiger partial charge in [0.25, 0.3) is 15.9 Å². The molecule has 0 aliphatic rings. The van der Waals surface area contributed by atoms with Crippen molar-refractivity contribution in [1.29, 1.82) is 0 Å². The zero-order valence-electron chi connectivity index (χ0n) is 14.6. The van der Waals surface area contributed by atoms with Crippen LogP contribution in [0, 0.1) is 13.8 Å². The maximum Gasteiger partial charge on any atom is 0.341 e. The van der Waals surface area contributed by atoms with Gasteiger partial charge in [-0.05, 0) is 50.1 Å². The Kier molecular flexibility index (Phi) is 5.66. The van der Waals surface area contributed by atoms with Crippen molar-refractivity contribution in [3.05, 3.63) is 59.2 Å². The molecule has 26 heavy (non-hydrogen) atoms. The molecule has 2 rings (SSSR count). The minimum absolute atomic E-state index is 0.0190. The van der Waals surface area contributed by atoms with Gasteiger partial charge in [-0.2, -0.15) is 0 Å². The summed E-state index contributed by atoms with van der Waals surface area (Å²) in [5.41, 5.74) is 6.48. The quantitative estimate of drug-likeness (QED) is 0.749. The van der Waals surface area contributed by atoms with Gasteiger partial charge in [-0.15, -0.1) is 0 Å². The molecular weight excluding hydrogens is 356 g/mol. The minimum Gasteiger partial charge on any atom is -0.449 e. The Labute approximate surface area is 152 Å². The first-order valence-electron chi connectivity index (χ1n) is 7.81. The lowest BCUT2D eigenvalue weighted by atomic mass is 10.2. The van der Waals surface area contributed by atoms with Gasteiger partial charge in [0.1, 0.15) is 0 Å². The Morgan fingerprint density at radius 3 is 2.42 bits per heavy atom. The summed E-state index contributed by atoms with van der Waals surface area (Å²) in [6, 6.07) is 11.0. The van der Waals surface area contributed by atoms with Gasteiger partial charge in [0.05, 0.1) is 16.1 Å². The molecule has 3 N–H and O–H groups in total. The lowest BCUT2D eigenvalue weighted by Gasteiger charge is -2.15. The second-order valence-electron chi connectivity index (χ2n) is 5.87. The molecule has 1 atom stereocenters. The third-order valence-corrected chi connectivity index (χ3v) is 5.22. The number of anilines is 1. The largest absolute Gasteiger partial charge is 0.449 e. The average Bonchev–Trinajstić information content (AvgIpc) is 2.56. The molecule has 0 heterocycles. The molecule has 2 aromatic carbocycles. The van der Waals surface area contributed by atoms with E-state index in [0.717, 1.165) is 5.56 Å². The zero-order chi connectivity index (χ0) is 19.5. The number of hydrogen-bond donors (Lipinski definition) is 2. The van der Waals surface area contributed by atoms with Gasteiger partial charge in [0.2, 0.25) is 0 Å². The molecule has 0 fully saturated rings. The summed E-state index contributed by atoms with van der Waals surface area (Å²) >= 11 is 0. The number of carbonyl (C=O) groups is 2. The fraction of sp³-hybridized carbons (Fsp3) is 0.222. The molecule has 1 unspecified atom stereocenters. The molecular formula is C18H20N2O5S. The smallest absolute Gasteiger partial charge is 0.341 e. The van der Waals surface area contributed by atoms with E-state index < -0.39 is 28.0 Å². The number of esters is 1. The lowest BCUT2D eigenvalue weighted by Crippen LogP contribution is -2.30. The summed E-state index contributed by atoms with van der Waals surface area (Å²) < 4.78 is 32.8. The molecule has 0 spiro atoms. The van der Waals surface area contributed by atoms with Gasteiger partial charge in [-0.25, -0.2) is 13.2 Å². The Morgan fingerprint density at radius 2 is 1.77 bits per heavy atom. The van der Waals surface area contributed by atoms with Crippen LogP contribution in [0.1, 0.15) is 28.4 Å². The normalized spacial score (nSPS) is 12.3. The van der Waals surface area contributed by atoms with Gasteiger partial charge >= 0.3 is 5.97 Å². The molecule has 0 radical (unpaired) electrons. The highest BCUT2D eigenvalue weighted by Crippen LogP contribution is 2.23. The van der Waals surface area contributed by atoms with E-state index in [0.29, 0.717) is 5.56 Å². The number of benzene rings is 2. The predicted octanol–water partition coefficient (Wildman–Crippen LogP) is 2.13. The molecule has 7 nitrogen and oxygen atoms in total. The second kappa shape index (κ2) is 7.57. The highest BCUT2D eigenvalue weighted by Gasteiger charge is 2.23. The first kappa shape index (κ1) is 19.5. The number of aryl methyl sites for hydroxylation is 2. The number of hydrogen-bond acceptors (Lipinski definition) is 5. The van der Waals surface area contributed by atoms with Gasteiger partial charge in [-0.1, -0.05) is 24.3 Å². The standard InChI is InChI=1S/C18H20N2O5S/c1-11-8-9-12(2)16(10-11)26(23,24)20-15-7-5-4-6-14(15)18(22)25-13(3)17(19)21/h4-10,13,20H,1-3H3,(H2,19,21). The summed E-state index contributed by atoms with van der Waals surface area (Å²) in [6.45, 7) is 4.81. The predicted molar refractivity (Wildman–Crippen MR) is 97.2 cm³/mol. The highest BCUT2D eigenvalue weighted by molar-refractivity contribution is 7.92. The van der Waals surface area contributed by atoms with Crippen LogP contribution in [0.5, 0.6) is 0 Å². The van der Waals surface area contributed by atoms with Crippen molar-refractivity contribution in [2.24, 2.45) is 5.73 Å². The fourth-order valence-corrected chi connectivity index (χ4v) is 3.64. The molecule has 0 aromatic heterocycles. The SMILES string of the molecule is Cc1ccc(C)c(S(=O)(=O)Nc2ccccc2C(=O)OC(C)C(N)=O)c1. The van der Waals surface area contributed by atoms with Crippen LogP contribution in [0.3, 0.4) is 0 Å². The second-order valence-corrected chi connectivity index (χ2v) is 7.52. The molecule has 138 valence electrons. The molecule has 8 heteroatoms. The molecule has 2 aromatic rings. The molecule has 0 aliphatic heterocycles. The monoisotopic (exact) mass is 376 g/mol. The van der Waals surface area contributed by atoms with Crippen molar-refractivity contribution >= 4 is 27.6 Å². The fourth-order valence-electron chi connectivity index (χ4n) is 2.23. The van der Waals surface area contributed by atoms with E-state index in [1.54, 1.807) is 38.1 Å². The van der Waals surface area contributed by atoms with Crippen LogP contribution in [0.25, 0.3) is 0 Å². The van der Waals surface area contributed by atoms with Crippen molar-refractivity contribution in [3.8, 4) is 0 Å². The highest BCUT2D eigenvalue weighted by atomic mass is 32.2. The van der Waals surface area contributed by atoms with E-state index in [1.165, 1.54) is 19.1 Å². The Hall–Kier alpha value is -2.87. The molecule has 0 aliphatic carbocycles. The summed E-state index contributed by atoms with van der Waals surface area (Å²) in [5, 5.41) is 0. The molecule has 0 bridgehead atoms. The lowest BCUT2D eigenvalue weighted by molar-refractivity contribution is -0.125. The van der Waals surface area contributed by atoms with E-state index >= 15 is 0 Å². The Morgan fingerprint density at radius 1 is 1.12 bits per heavy atom. The maximum absolute atomic E-state index is 12.7. The molecule has 1 amide bonds. The average molecular weight is 376 g/mol. The maximum atomic E-state index is 12.7. The molecule has 0 saturated carbocycles. The van der Waals surface area contributed by atoms with Gasteiger partial charge in [0.15, 0.2) is 6.10 Å². The summed E-state index contributed by atoms with van der Waals surface area (Å²) in [5.74, 6) is -1.65. The van der Waals surface area contributed by atoms with Crippen molar-refractivity contribution in [2.45, 2.75) is 31.8 Å². The van der Waals surface area contributed by atoms with Crippen LogP contribution >= 0.6 is 0 Å². The van der Waals surface area contributed by atoms with Gasteiger partial charge < -0.3 is 10.5 Å². The summed E-state index contributed by atoms with van der Waals surface area (Å²) in [4.78, 5) is 23.4. The third kappa shape index (κ3) is 4.40. The van der Waals surface area contributed by atoms with E-state index in [2.05, 4.69) is 4.72 Å². The van der Waals surface area contributed by atoms with E-state index in [1.807, 2.05) is 6.07 Å². The van der Waals surface area contributed by atoms with Crippen molar-refractivity contribution in [1.82, 2.24) is 0 Å². The first-order valence-corrected chi connectivity index (χ1v) is 9.29. The van der Waals surface area contributed by atoms with Gasteiger partial charge in [-0.3, -0.25) is 9.52 Å². The Balaban J connectivity index is 2.37. The van der Waals surface area contributed by atoms with E-state index in [4.69, 9.17) is 10.5 Å². The van der Waals surface area contributed by atoms with Crippen molar-refractivity contribution in [2.75, 3.05) is 4.72 Å². The number of sulfonamides is 1. The number of nitrogens with two attached hydrogens (primary N) is 1. The van der Waals surface area contributed by atoms with Crippen LogP contribution in [0.2, 0.25) is 0 Å². The first-order chi connectivity index (χ1) is 12.1. The number of primary amides is 1. The third-order valence-electron chi connectivity index (χ3n) is 3.71. The van der Waals surface area contributed by atoms with Crippen LogP contribution in [0.4, 0.5) is 5.69 Å². The number of carbonyl (C=O) groups excluding carboxylic acids is 2. The topological polar surface area (TPSA) is 116 Å². The van der Waals surface area contributed by atoms with Crippen LogP contribution in [0.15, 0.2) is 47.4 Å². The number of amides is 1. The number of rotatable bonds is 6. The van der Waals surface area contributed by atoms with Crippen LogP contribution in [-0.4, -0.2) is 26.4 Å². The molecule has 0 saturated heterocycles. The number of ether oxygens (including phenoxy) is 1.